The summed E-state index contributed by atoms with van der Waals surface area (Å²) in [6.45, 7) is 0. The molecule has 0 aliphatic carbocycles. The lowest BCUT2D eigenvalue weighted by Crippen LogP contribution is -2.20. The molecule has 0 amide bonds. The van der Waals surface area contributed by atoms with Crippen LogP contribution in [0.1, 0.15) is 17.2 Å². The number of anilines is 1. The molecule has 23 heavy (non-hydrogen) atoms. The zero-order valence-corrected chi connectivity index (χ0v) is 14.2. The third-order valence-electron chi connectivity index (χ3n) is 3.67. The number of benzene rings is 2. The molecular weight excluding hydrogens is 378 g/mol. The van der Waals surface area contributed by atoms with Crippen LogP contribution in [0.25, 0.3) is 5.70 Å². The number of rotatable bonds is 2. The Bertz CT molecular complexity index is 887. The molecule has 0 radical (unpaired) electrons. The minimum Gasteiger partial charge on any atom is -0.323 e. The first-order valence-electron chi connectivity index (χ1n) is 6.99. The van der Waals surface area contributed by atoms with Gasteiger partial charge in [0.1, 0.15) is 6.04 Å². The normalized spacial score (nSPS) is 16.4. The second-order valence-corrected chi connectivity index (χ2v) is 6.51. The molecule has 1 aromatic heterocycles. The smallest absolute Gasteiger partial charge is 0.248 e. The molecule has 1 aliphatic rings. The maximum Gasteiger partial charge on any atom is 0.248 e. The molecular formula is C16H11BrClN5. The fourth-order valence-electron chi connectivity index (χ4n) is 2.58. The van der Waals surface area contributed by atoms with E-state index < -0.39 is 0 Å². The first-order chi connectivity index (χ1) is 11.2. The molecule has 0 spiro atoms. The second-order valence-electron chi connectivity index (χ2n) is 5.16. The van der Waals surface area contributed by atoms with Crippen LogP contribution in [-0.4, -0.2) is 20.2 Å². The van der Waals surface area contributed by atoms with Crippen LogP contribution in [0.2, 0.25) is 5.02 Å². The van der Waals surface area contributed by atoms with Crippen molar-refractivity contribution in [2.45, 2.75) is 6.04 Å². The minimum absolute atomic E-state index is 0.0792. The minimum atomic E-state index is -0.0792. The SMILES string of the molecule is Clc1ccc(C2=CC(c3cccc(Br)c3)n3nnnc3N2)cc1. The Morgan fingerprint density at radius 3 is 2.74 bits per heavy atom. The van der Waals surface area contributed by atoms with E-state index in [1.165, 1.54) is 0 Å². The van der Waals surface area contributed by atoms with E-state index in [1.54, 1.807) is 4.68 Å². The summed E-state index contributed by atoms with van der Waals surface area (Å²) in [6, 6.07) is 15.7. The Morgan fingerprint density at radius 2 is 1.96 bits per heavy atom. The Balaban J connectivity index is 1.81. The maximum absolute atomic E-state index is 5.97. The van der Waals surface area contributed by atoms with Crippen LogP contribution in [0.3, 0.4) is 0 Å². The Kier molecular flexibility index (Phi) is 3.63. The van der Waals surface area contributed by atoms with Crippen LogP contribution in [0.15, 0.2) is 59.1 Å². The first-order valence-corrected chi connectivity index (χ1v) is 8.16. The zero-order chi connectivity index (χ0) is 15.8. The molecule has 0 fully saturated rings. The molecule has 0 bridgehead atoms. The van der Waals surface area contributed by atoms with E-state index in [4.69, 9.17) is 11.6 Å². The van der Waals surface area contributed by atoms with Crippen LogP contribution in [0, 0.1) is 0 Å². The molecule has 7 heteroatoms. The van der Waals surface area contributed by atoms with Crippen molar-refractivity contribution in [3.63, 3.8) is 0 Å². The highest BCUT2D eigenvalue weighted by Crippen LogP contribution is 2.32. The summed E-state index contributed by atoms with van der Waals surface area (Å²) in [4.78, 5) is 0. The summed E-state index contributed by atoms with van der Waals surface area (Å²) in [5, 5.41) is 15.9. The van der Waals surface area contributed by atoms with E-state index in [9.17, 15) is 0 Å². The molecule has 1 N–H and O–H groups in total. The number of hydrogen-bond donors (Lipinski definition) is 1. The van der Waals surface area contributed by atoms with Crippen LogP contribution >= 0.6 is 27.5 Å². The molecule has 0 saturated carbocycles. The van der Waals surface area contributed by atoms with Gasteiger partial charge in [0.15, 0.2) is 0 Å². The van der Waals surface area contributed by atoms with E-state index >= 15 is 0 Å². The molecule has 2 heterocycles. The fourth-order valence-corrected chi connectivity index (χ4v) is 3.12. The Labute approximate surface area is 146 Å². The number of aromatic nitrogens is 4. The highest BCUT2D eigenvalue weighted by atomic mass is 79.9. The van der Waals surface area contributed by atoms with Crippen molar-refractivity contribution >= 4 is 39.2 Å². The standard InChI is InChI=1S/C16H11BrClN5/c17-12-3-1-2-11(8-12)15-9-14(10-4-6-13(18)7-5-10)19-16-20-21-22-23(15)16/h1-9,15H,(H,19,20,22). The highest BCUT2D eigenvalue weighted by Gasteiger charge is 2.24. The molecule has 2 aromatic carbocycles. The van der Waals surface area contributed by atoms with Crippen LogP contribution in [-0.2, 0) is 0 Å². The lowest BCUT2D eigenvalue weighted by Gasteiger charge is -2.23. The molecule has 1 aliphatic heterocycles. The van der Waals surface area contributed by atoms with Crippen molar-refractivity contribution in [2.24, 2.45) is 0 Å². The highest BCUT2D eigenvalue weighted by molar-refractivity contribution is 9.10. The van der Waals surface area contributed by atoms with Crippen LogP contribution in [0.5, 0.6) is 0 Å². The van der Waals surface area contributed by atoms with E-state index in [0.29, 0.717) is 11.0 Å². The average Bonchev–Trinajstić information content (AvgIpc) is 3.03. The van der Waals surface area contributed by atoms with Gasteiger partial charge >= 0.3 is 0 Å². The van der Waals surface area contributed by atoms with Crippen molar-refractivity contribution in [3.8, 4) is 0 Å². The van der Waals surface area contributed by atoms with Crippen molar-refractivity contribution in [2.75, 3.05) is 5.32 Å². The number of nitrogens with one attached hydrogen (secondary N) is 1. The number of allylic oxidation sites excluding steroid dienone is 1. The van der Waals surface area contributed by atoms with E-state index in [2.05, 4.69) is 55.0 Å². The summed E-state index contributed by atoms with van der Waals surface area (Å²) in [5.74, 6) is 0.613. The summed E-state index contributed by atoms with van der Waals surface area (Å²) in [5.41, 5.74) is 3.08. The van der Waals surface area contributed by atoms with Crippen molar-refractivity contribution in [1.82, 2.24) is 20.2 Å². The van der Waals surface area contributed by atoms with Crippen molar-refractivity contribution in [1.29, 1.82) is 0 Å². The van der Waals surface area contributed by atoms with Gasteiger partial charge in [-0.25, -0.2) is 0 Å². The van der Waals surface area contributed by atoms with Gasteiger partial charge in [-0.15, -0.1) is 0 Å². The maximum atomic E-state index is 5.97. The average molecular weight is 389 g/mol. The second kappa shape index (κ2) is 5.79. The Morgan fingerprint density at radius 1 is 1.13 bits per heavy atom. The first kappa shape index (κ1) is 14.4. The number of halogens is 2. The summed E-state index contributed by atoms with van der Waals surface area (Å²) in [6.07, 6.45) is 2.11. The van der Waals surface area contributed by atoms with E-state index in [1.807, 2.05) is 36.4 Å². The quantitative estimate of drug-likeness (QED) is 0.717. The topological polar surface area (TPSA) is 55.6 Å². The van der Waals surface area contributed by atoms with Crippen molar-refractivity contribution < 1.29 is 0 Å². The van der Waals surface area contributed by atoms with Gasteiger partial charge in [-0.3, -0.25) is 0 Å². The molecule has 1 atom stereocenters. The largest absolute Gasteiger partial charge is 0.323 e. The number of hydrogen-bond acceptors (Lipinski definition) is 4. The van der Waals surface area contributed by atoms with Gasteiger partial charge in [0.05, 0.1) is 0 Å². The predicted octanol–water partition coefficient (Wildman–Crippen LogP) is 4.15. The van der Waals surface area contributed by atoms with Gasteiger partial charge in [0.25, 0.3) is 0 Å². The molecule has 5 nitrogen and oxygen atoms in total. The molecule has 1 unspecified atom stereocenters. The lowest BCUT2D eigenvalue weighted by atomic mass is 10.0. The van der Waals surface area contributed by atoms with E-state index in [0.717, 1.165) is 21.3 Å². The van der Waals surface area contributed by atoms with E-state index in [-0.39, 0.29) is 6.04 Å². The zero-order valence-electron chi connectivity index (χ0n) is 11.8. The number of tetrazole rings is 1. The third kappa shape index (κ3) is 2.75. The van der Waals surface area contributed by atoms with Gasteiger partial charge in [0, 0.05) is 15.2 Å². The summed E-state index contributed by atoms with van der Waals surface area (Å²) in [7, 11) is 0. The monoisotopic (exact) mass is 387 g/mol. The van der Waals surface area contributed by atoms with Gasteiger partial charge in [-0.05, 0) is 51.9 Å². The van der Waals surface area contributed by atoms with Crippen LogP contribution < -0.4 is 5.32 Å². The molecule has 3 aromatic rings. The molecule has 0 saturated heterocycles. The van der Waals surface area contributed by atoms with Crippen LogP contribution in [0.4, 0.5) is 5.95 Å². The fraction of sp³-hybridized carbons (Fsp3) is 0.0625. The lowest BCUT2D eigenvalue weighted by molar-refractivity contribution is 0.585. The third-order valence-corrected chi connectivity index (χ3v) is 4.42. The summed E-state index contributed by atoms with van der Waals surface area (Å²) < 4.78 is 2.78. The van der Waals surface area contributed by atoms with Crippen molar-refractivity contribution in [3.05, 3.63) is 75.2 Å². The van der Waals surface area contributed by atoms with Gasteiger partial charge in [-0.2, -0.15) is 4.68 Å². The van der Waals surface area contributed by atoms with Gasteiger partial charge in [-0.1, -0.05) is 56.9 Å². The van der Waals surface area contributed by atoms with Gasteiger partial charge < -0.3 is 5.32 Å². The predicted molar refractivity (Wildman–Crippen MR) is 93.1 cm³/mol. The number of fused-ring (bicyclic) bond motifs is 1. The number of nitrogens with zero attached hydrogens (tertiary/aromatic N) is 4. The summed E-state index contributed by atoms with van der Waals surface area (Å²) >= 11 is 9.49. The molecule has 114 valence electrons. The van der Waals surface area contributed by atoms with Gasteiger partial charge in [0.2, 0.25) is 5.95 Å². The molecule has 4 rings (SSSR count). The Hall–Kier alpha value is -2.18.